The van der Waals surface area contributed by atoms with Crippen LogP contribution in [-0.2, 0) is 14.6 Å². The van der Waals surface area contributed by atoms with Gasteiger partial charge in [-0.25, -0.2) is 13.4 Å². The van der Waals surface area contributed by atoms with Crippen LogP contribution in [0.1, 0.15) is 19.3 Å². The number of pyridine rings is 1. The van der Waals surface area contributed by atoms with E-state index < -0.39 is 14.8 Å². The minimum Gasteiger partial charge on any atom is -0.357 e. The number of hydrogen-bond acceptors (Lipinski definition) is 7. The van der Waals surface area contributed by atoms with Gasteiger partial charge in [-0.1, -0.05) is 0 Å². The van der Waals surface area contributed by atoms with Crippen LogP contribution in [0, 0.1) is 16.0 Å². The minimum absolute atomic E-state index is 0.0320. The van der Waals surface area contributed by atoms with Crippen molar-refractivity contribution >= 4 is 27.2 Å². The molecule has 25 heavy (non-hydrogen) atoms. The van der Waals surface area contributed by atoms with Gasteiger partial charge in [-0.3, -0.25) is 14.9 Å². The lowest BCUT2D eigenvalue weighted by Gasteiger charge is -2.32. The molecular formula is C15H20N4O5S. The molecule has 9 nitrogen and oxygen atoms in total. The van der Waals surface area contributed by atoms with Gasteiger partial charge >= 0.3 is 0 Å². The fourth-order valence-electron chi connectivity index (χ4n) is 3.27. The lowest BCUT2D eigenvalue weighted by Crippen LogP contribution is -2.44. The summed E-state index contributed by atoms with van der Waals surface area (Å²) in [6, 6.07) is 2.76. The fraction of sp³-hybridized carbons (Fsp3) is 0.600. The molecule has 2 fully saturated rings. The fourth-order valence-corrected chi connectivity index (χ4v) is 4.95. The zero-order valence-corrected chi connectivity index (χ0v) is 14.4. The van der Waals surface area contributed by atoms with E-state index in [1.165, 1.54) is 12.3 Å². The van der Waals surface area contributed by atoms with Crippen molar-refractivity contribution in [3.63, 3.8) is 0 Å². The Balaban J connectivity index is 1.51. The Morgan fingerprint density at radius 1 is 1.28 bits per heavy atom. The molecule has 2 aliphatic rings. The SMILES string of the molecule is O=C(N[C@H]1CCS(=O)(=O)C1)C1CCN(c2ccc([N+](=O)[O-])cn2)CC1. The molecule has 1 aromatic rings. The van der Waals surface area contributed by atoms with Crippen molar-refractivity contribution in [1.82, 2.24) is 10.3 Å². The summed E-state index contributed by atoms with van der Waals surface area (Å²) in [5.74, 6) is 0.606. The maximum Gasteiger partial charge on any atom is 0.287 e. The van der Waals surface area contributed by atoms with E-state index in [1.807, 2.05) is 4.90 Å². The van der Waals surface area contributed by atoms with E-state index >= 15 is 0 Å². The van der Waals surface area contributed by atoms with E-state index in [4.69, 9.17) is 0 Å². The summed E-state index contributed by atoms with van der Waals surface area (Å²) in [7, 11) is -3.01. The molecular weight excluding hydrogens is 348 g/mol. The highest BCUT2D eigenvalue weighted by Crippen LogP contribution is 2.24. The first-order chi connectivity index (χ1) is 11.8. The first kappa shape index (κ1) is 17.6. The Bertz CT molecular complexity index is 757. The third kappa shape index (κ3) is 4.25. The van der Waals surface area contributed by atoms with Crippen molar-refractivity contribution in [3.8, 4) is 0 Å². The van der Waals surface area contributed by atoms with Crippen molar-refractivity contribution in [2.45, 2.75) is 25.3 Å². The number of rotatable bonds is 4. The Hall–Kier alpha value is -2.23. The number of hydrogen-bond donors (Lipinski definition) is 1. The van der Waals surface area contributed by atoms with Gasteiger partial charge in [0.2, 0.25) is 5.91 Å². The molecule has 3 heterocycles. The summed E-state index contributed by atoms with van der Waals surface area (Å²) in [5, 5.41) is 13.5. The number of anilines is 1. The molecule has 0 aliphatic carbocycles. The Labute approximate surface area is 145 Å². The largest absolute Gasteiger partial charge is 0.357 e. The predicted molar refractivity (Wildman–Crippen MR) is 91.0 cm³/mol. The smallest absolute Gasteiger partial charge is 0.287 e. The second-order valence-corrected chi connectivity index (χ2v) is 8.73. The monoisotopic (exact) mass is 368 g/mol. The van der Waals surface area contributed by atoms with Gasteiger partial charge in [-0.15, -0.1) is 0 Å². The molecule has 0 unspecified atom stereocenters. The molecule has 2 saturated heterocycles. The van der Waals surface area contributed by atoms with Gasteiger partial charge in [0, 0.05) is 31.1 Å². The maximum absolute atomic E-state index is 12.3. The Morgan fingerprint density at radius 2 is 2.00 bits per heavy atom. The van der Waals surface area contributed by atoms with Crippen LogP contribution in [0.2, 0.25) is 0 Å². The highest BCUT2D eigenvalue weighted by molar-refractivity contribution is 7.91. The number of nitro groups is 1. The highest BCUT2D eigenvalue weighted by atomic mass is 32.2. The Morgan fingerprint density at radius 3 is 2.52 bits per heavy atom. The molecule has 2 aliphatic heterocycles. The highest BCUT2D eigenvalue weighted by Gasteiger charge is 2.32. The maximum atomic E-state index is 12.3. The number of piperidine rings is 1. The molecule has 0 bridgehead atoms. The van der Waals surface area contributed by atoms with Gasteiger partial charge in [-0.05, 0) is 25.3 Å². The topological polar surface area (TPSA) is 123 Å². The number of nitrogens with one attached hydrogen (secondary N) is 1. The first-order valence-electron chi connectivity index (χ1n) is 8.20. The second-order valence-electron chi connectivity index (χ2n) is 6.50. The lowest BCUT2D eigenvalue weighted by molar-refractivity contribution is -0.385. The van der Waals surface area contributed by atoms with Crippen LogP contribution in [0.25, 0.3) is 0 Å². The number of amides is 1. The van der Waals surface area contributed by atoms with Gasteiger partial charge in [0.15, 0.2) is 9.84 Å². The molecule has 0 radical (unpaired) electrons. The number of aromatic nitrogens is 1. The van der Waals surface area contributed by atoms with E-state index in [2.05, 4.69) is 10.3 Å². The van der Waals surface area contributed by atoms with Gasteiger partial charge in [-0.2, -0.15) is 0 Å². The molecule has 0 aromatic carbocycles. The van der Waals surface area contributed by atoms with Crippen LogP contribution in [0.15, 0.2) is 18.3 Å². The van der Waals surface area contributed by atoms with Crippen molar-refractivity contribution in [2.24, 2.45) is 5.92 Å². The van der Waals surface area contributed by atoms with Gasteiger partial charge in [0.25, 0.3) is 5.69 Å². The zero-order valence-electron chi connectivity index (χ0n) is 13.6. The van der Waals surface area contributed by atoms with Crippen LogP contribution < -0.4 is 10.2 Å². The molecule has 1 atom stereocenters. The van der Waals surface area contributed by atoms with Crippen LogP contribution in [-0.4, -0.2) is 54.9 Å². The van der Waals surface area contributed by atoms with E-state index in [9.17, 15) is 23.3 Å². The van der Waals surface area contributed by atoms with Crippen molar-refractivity contribution < 1.29 is 18.1 Å². The summed E-state index contributed by atoms with van der Waals surface area (Å²) in [6.45, 7) is 1.26. The van der Waals surface area contributed by atoms with E-state index in [1.54, 1.807) is 6.07 Å². The quantitative estimate of drug-likeness (QED) is 0.607. The minimum atomic E-state index is -3.01. The zero-order chi connectivity index (χ0) is 18.0. The summed E-state index contributed by atoms with van der Waals surface area (Å²) in [5.41, 5.74) is -0.0514. The van der Waals surface area contributed by atoms with E-state index in [-0.39, 0.29) is 35.1 Å². The second kappa shape index (κ2) is 6.95. The summed E-state index contributed by atoms with van der Waals surface area (Å²) < 4.78 is 22.9. The number of carbonyl (C=O) groups is 1. The lowest BCUT2D eigenvalue weighted by atomic mass is 9.95. The predicted octanol–water partition coefficient (Wildman–Crippen LogP) is 0.510. The first-order valence-corrected chi connectivity index (χ1v) is 10.0. The van der Waals surface area contributed by atoms with Gasteiger partial charge in [0.1, 0.15) is 12.0 Å². The number of sulfone groups is 1. The van der Waals surface area contributed by atoms with Crippen molar-refractivity contribution in [3.05, 3.63) is 28.4 Å². The van der Waals surface area contributed by atoms with Gasteiger partial charge in [0.05, 0.1) is 16.4 Å². The molecule has 3 rings (SSSR count). The normalized spacial score (nSPS) is 23.4. The van der Waals surface area contributed by atoms with E-state index in [0.717, 1.165) is 0 Å². The molecule has 1 N–H and O–H groups in total. The molecule has 0 spiro atoms. The average Bonchev–Trinajstić information content (AvgIpc) is 2.93. The van der Waals surface area contributed by atoms with Crippen molar-refractivity contribution in [2.75, 3.05) is 29.5 Å². The third-order valence-corrected chi connectivity index (χ3v) is 6.48. The number of nitrogens with zero attached hydrogens (tertiary/aromatic N) is 3. The van der Waals surface area contributed by atoms with Crippen LogP contribution in [0.5, 0.6) is 0 Å². The molecule has 0 saturated carbocycles. The van der Waals surface area contributed by atoms with Crippen LogP contribution >= 0.6 is 0 Å². The van der Waals surface area contributed by atoms with Crippen LogP contribution in [0.3, 0.4) is 0 Å². The molecule has 1 aromatic heterocycles. The average molecular weight is 368 g/mol. The van der Waals surface area contributed by atoms with E-state index in [0.29, 0.717) is 38.2 Å². The summed E-state index contributed by atoms with van der Waals surface area (Å²) in [6.07, 6.45) is 3.00. The summed E-state index contributed by atoms with van der Waals surface area (Å²) >= 11 is 0. The van der Waals surface area contributed by atoms with Crippen molar-refractivity contribution in [1.29, 1.82) is 0 Å². The van der Waals surface area contributed by atoms with Crippen LogP contribution in [0.4, 0.5) is 11.5 Å². The molecule has 10 heteroatoms. The molecule has 136 valence electrons. The molecule has 1 amide bonds. The third-order valence-electron chi connectivity index (χ3n) is 4.71. The Kier molecular flexibility index (Phi) is 4.89. The standard InChI is InChI=1S/C15H20N4O5S/c20-15(17-12-5-8-25(23,24)10-12)11-3-6-18(7-4-11)14-2-1-13(9-16-14)19(21)22/h1-2,9,11-12H,3-8,10H2,(H,17,20)/t12-/m0/s1. The summed E-state index contributed by atoms with van der Waals surface area (Å²) in [4.78, 5) is 28.6. The van der Waals surface area contributed by atoms with Gasteiger partial charge < -0.3 is 10.2 Å². The number of carbonyl (C=O) groups excluding carboxylic acids is 1.